The number of amides is 1. The summed E-state index contributed by atoms with van der Waals surface area (Å²) in [6.45, 7) is 3.49. The third-order valence-corrected chi connectivity index (χ3v) is 5.21. The molecule has 0 atom stereocenters. The predicted molar refractivity (Wildman–Crippen MR) is 108 cm³/mol. The summed E-state index contributed by atoms with van der Waals surface area (Å²) in [7, 11) is 0. The number of alkyl halides is 3. The van der Waals surface area contributed by atoms with Gasteiger partial charge in [0.05, 0.1) is 22.4 Å². The summed E-state index contributed by atoms with van der Waals surface area (Å²) in [6, 6.07) is 10.4. The maximum absolute atomic E-state index is 13.3. The van der Waals surface area contributed by atoms with Gasteiger partial charge in [-0.05, 0) is 51.0 Å². The number of aryl methyl sites for hydroxylation is 1. The zero-order chi connectivity index (χ0) is 21.6. The minimum absolute atomic E-state index is 0.0432. The minimum atomic E-state index is -4.52. The molecule has 2 N–H and O–H groups in total. The number of hydrazone groups is 1. The van der Waals surface area contributed by atoms with E-state index in [0.717, 1.165) is 30.5 Å². The predicted octanol–water partition coefficient (Wildman–Crippen LogP) is 4.91. The van der Waals surface area contributed by atoms with Crippen LogP contribution in [-0.4, -0.2) is 21.3 Å². The summed E-state index contributed by atoms with van der Waals surface area (Å²) in [5, 5.41) is 15.5. The molecule has 8 heteroatoms. The van der Waals surface area contributed by atoms with Crippen LogP contribution in [0.4, 0.5) is 13.2 Å². The average Bonchev–Trinajstić information content (AvgIpc) is 3.49. The van der Waals surface area contributed by atoms with Crippen molar-refractivity contribution in [1.29, 1.82) is 0 Å². The van der Waals surface area contributed by atoms with E-state index in [0.29, 0.717) is 16.8 Å². The van der Waals surface area contributed by atoms with Crippen LogP contribution in [0.1, 0.15) is 36.5 Å². The molecule has 5 nitrogen and oxygen atoms in total. The summed E-state index contributed by atoms with van der Waals surface area (Å²) in [5.74, 6) is -0.482. The molecule has 1 aliphatic carbocycles. The van der Waals surface area contributed by atoms with Crippen LogP contribution >= 0.6 is 0 Å². The molecule has 1 amide bonds. The number of rotatable bonds is 4. The van der Waals surface area contributed by atoms with E-state index in [2.05, 4.69) is 10.5 Å². The Morgan fingerprint density at radius 2 is 1.83 bits per heavy atom. The molecule has 0 spiro atoms. The normalized spacial score (nSPS) is 14.9. The van der Waals surface area contributed by atoms with Gasteiger partial charge in [0.2, 0.25) is 11.8 Å². The monoisotopic (exact) mass is 415 g/mol. The van der Waals surface area contributed by atoms with Gasteiger partial charge in [-0.1, -0.05) is 23.8 Å². The van der Waals surface area contributed by atoms with E-state index in [1.54, 1.807) is 19.1 Å². The number of aromatic nitrogens is 1. The van der Waals surface area contributed by atoms with Gasteiger partial charge in [0.25, 0.3) is 0 Å². The lowest BCUT2D eigenvalue weighted by Crippen LogP contribution is -2.20. The summed E-state index contributed by atoms with van der Waals surface area (Å²) in [4.78, 5) is 11.9. The van der Waals surface area contributed by atoms with Crippen molar-refractivity contribution in [3.8, 4) is 11.6 Å². The molecule has 1 aromatic heterocycles. The van der Waals surface area contributed by atoms with Gasteiger partial charge in [-0.2, -0.15) is 18.3 Å². The molecule has 1 fully saturated rings. The number of carbonyl (C=O) groups is 1. The van der Waals surface area contributed by atoms with Crippen LogP contribution in [0.2, 0.25) is 0 Å². The molecular formula is C22H20F3N3O2. The second kappa shape index (κ2) is 7.19. The fourth-order valence-electron chi connectivity index (χ4n) is 3.39. The van der Waals surface area contributed by atoms with Gasteiger partial charge in [-0.3, -0.25) is 9.36 Å². The topological polar surface area (TPSA) is 66.6 Å². The number of benzene rings is 2. The van der Waals surface area contributed by atoms with E-state index in [4.69, 9.17) is 0 Å². The third-order valence-electron chi connectivity index (χ3n) is 5.21. The van der Waals surface area contributed by atoms with E-state index < -0.39 is 11.7 Å². The van der Waals surface area contributed by atoms with Crippen molar-refractivity contribution in [2.75, 3.05) is 0 Å². The number of hydrogen-bond donors (Lipinski definition) is 2. The van der Waals surface area contributed by atoms with Crippen molar-refractivity contribution in [3.63, 3.8) is 0 Å². The second-order valence-electron chi connectivity index (χ2n) is 7.55. The molecule has 1 saturated carbocycles. The highest BCUT2D eigenvalue weighted by Gasteiger charge is 2.32. The molecule has 30 heavy (non-hydrogen) atoms. The lowest BCUT2D eigenvalue weighted by molar-refractivity contribution is -0.137. The Kier molecular flexibility index (Phi) is 4.80. The van der Waals surface area contributed by atoms with Crippen LogP contribution in [0, 0.1) is 12.8 Å². The van der Waals surface area contributed by atoms with E-state index >= 15 is 0 Å². The molecule has 156 valence electrons. The van der Waals surface area contributed by atoms with Crippen LogP contribution in [0.15, 0.2) is 47.6 Å². The molecule has 0 saturated heterocycles. The second-order valence-corrected chi connectivity index (χ2v) is 7.55. The molecule has 1 aliphatic rings. The number of nitrogens with one attached hydrogen (secondary N) is 1. The standard InChI is InChI=1S/C22H20F3N3O2/c1-12-3-8-16(9-4-12)28-18-11-15(22(23,24)25)7-10-17(18)19(21(28)30)13(2)26-27-20(29)14-5-6-14/h3-4,7-11,14,30H,5-6H2,1-2H3,(H,27,29)/b26-13+. The van der Waals surface area contributed by atoms with Crippen molar-refractivity contribution in [1.82, 2.24) is 9.99 Å². The first-order chi connectivity index (χ1) is 14.2. The van der Waals surface area contributed by atoms with Gasteiger partial charge >= 0.3 is 6.18 Å². The van der Waals surface area contributed by atoms with Crippen LogP contribution < -0.4 is 5.43 Å². The van der Waals surface area contributed by atoms with Crippen molar-refractivity contribution >= 4 is 22.5 Å². The van der Waals surface area contributed by atoms with Crippen molar-refractivity contribution in [2.24, 2.45) is 11.0 Å². The van der Waals surface area contributed by atoms with Crippen LogP contribution in [0.25, 0.3) is 16.6 Å². The Bertz CT molecular complexity index is 1160. The van der Waals surface area contributed by atoms with E-state index in [1.807, 2.05) is 19.1 Å². The van der Waals surface area contributed by atoms with Gasteiger partial charge in [-0.15, -0.1) is 0 Å². The van der Waals surface area contributed by atoms with E-state index in [9.17, 15) is 23.1 Å². The highest BCUT2D eigenvalue weighted by Crippen LogP contribution is 2.38. The van der Waals surface area contributed by atoms with Gasteiger partial charge in [-0.25, -0.2) is 5.43 Å². The zero-order valence-electron chi connectivity index (χ0n) is 16.4. The molecular weight excluding hydrogens is 395 g/mol. The van der Waals surface area contributed by atoms with Gasteiger partial charge in [0.1, 0.15) is 0 Å². The Morgan fingerprint density at radius 1 is 1.17 bits per heavy atom. The number of halogens is 3. The van der Waals surface area contributed by atoms with Crippen LogP contribution in [0.5, 0.6) is 5.88 Å². The summed E-state index contributed by atoms with van der Waals surface area (Å²) >= 11 is 0. The summed E-state index contributed by atoms with van der Waals surface area (Å²) in [5.41, 5.74) is 3.93. The SMILES string of the molecule is C/C(=N\NC(=O)C1CC1)c1c(O)n(-c2ccc(C)cc2)c2cc(C(F)(F)F)ccc12. The van der Waals surface area contributed by atoms with Gasteiger partial charge in [0.15, 0.2) is 0 Å². The van der Waals surface area contributed by atoms with E-state index in [-0.39, 0.29) is 28.8 Å². The number of carbonyl (C=O) groups excluding carboxylic acids is 1. The van der Waals surface area contributed by atoms with Gasteiger partial charge in [0, 0.05) is 17.0 Å². The van der Waals surface area contributed by atoms with Crippen LogP contribution in [0.3, 0.4) is 0 Å². The molecule has 0 bridgehead atoms. The molecule has 0 unspecified atom stereocenters. The molecule has 4 rings (SSSR count). The number of fused-ring (bicyclic) bond motifs is 1. The third kappa shape index (κ3) is 3.65. The van der Waals surface area contributed by atoms with Crippen molar-refractivity contribution < 1.29 is 23.1 Å². The quantitative estimate of drug-likeness (QED) is 0.470. The van der Waals surface area contributed by atoms with Crippen molar-refractivity contribution in [3.05, 3.63) is 59.2 Å². The maximum Gasteiger partial charge on any atom is 0.416 e. The highest BCUT2D eigenvalue weighted by molar-refractivity contribution is 6.13. The maximum atomic E-state index is 13.3. The Labute approximate surface area is 170 Å². The molecule has 2 aromatic carbocycles. The van der Waals surface area contributed by atoms with E-state index in [1.165, 1.54) is 10.6 Å². The van der Waals surface area contributed by atoms with Gasteiger partial charge < -0.3 is 5.11 Å². The fourth-order valence-corrected chi connectivity index (χ4v) is 3.39. The lowest BCUT2D eigenvalue weighted by atomic mass is 10.1. The highest BCUT2D eigenvalue weighted by atomic mass is 19.4. The number of hydrogen-bond acceptors (Lipinski definition) is 3. The Balaban J connectivity index is 1.89. The Morgan fingerprint density at radius 3 is 2.43 bits per heavy atom. The summed E-state index contributed by atoms with van der Waals surface area (Å²) in [6.07, 6.45) is -2.88. The molecule has 0 radical (unpaired) electrons. The largest absolute Gasteiger partial charge is 0.494 e. The number of nitrogens with zero attached hydrogens (tertiary/aromatic N) is 2. The molecule has 0 aliphatic heterocycles. The minimum Gasteiger partial charge on any atom is -0.494 e. The van der Waals surface area contributed by atoms with Crippen LogP contribution in [-0.2, 0) is 11.0 Å². The number of aromatic hydroxyl groups is 1. The summed E-state index contributed by atoms with van der Waals surface area (Å²) < 4.78 is 41.3. The average molecular weight is 415 g/mol. The first kappa shape index (κ1) is 20.0. The molecule has 3 aromatic rings. The first-order valence-electron chi connectivity index (χ1n) is 9.53. The zero-order valence-corrected chi connectivity index (χ0v) is 16.4. The first-order valence-corrected chi connectivity index (χ1v) is 9.53. The fraction of sp³-hybridized carbons (Fsp3) is 0.273. The van der Waals surface area contributed by atoms with Crippen molar-refractivity contribution in [2.45, 2.75) is 32.9 Å². The lowest BCUT2D eigenvalue weighted by Gasteiger charge is -2.10. The molecule has 1 heterocycles. The smallest absolute Gasteiger partial charge is 0.416 e. The Hall–Kier alpha value is -3.29.